The van der Waals surface area contributed by atoms with E-state index in [0.717, 1.165) is 0 Å². The minimum Gasteiger partial charge on any atom is -0.549 e. The predicted octanol–water partition coefficient (Wildman–Crippen LogP) is -3.23. The molecule has 1 aliphatic rings. The molecule has 0 N–H and O–H groups in total. The maximum atomic E-state index is 10.7. The number of carboxylic acid groups (broad SMARTS) is 1. The van der Waals surface area contributed by atoms with Gasteiger partial charge >= 0.3 is 51.4 Å². The van der Waals surface area contributed by atoms with Gasteiger partial charge in [-0.2, -0.15) is 0 Å². The number of carboxylic acids is 1. The molecule has 0 aliphatic heterocycles. The Kier molecular flexibility index (Phi) is 3.35. The second-order valence-electron chi connectivity index (χ2n) is 3.11. The Morgan fingerprint density at radius 1 is 1.69 bits per heavy atom. The first-order valence-electron chi connectivity index (χ1n) is 3.79. The number of hydrogen-bond donors (Lipinski definition) is 0. The van der Waals surface area contributed by atoms with E-state index in [1.807, 2.05) is 0 Å². The van der Waals surface area contributed by atoms with E-state index in [1.54, 1.807) is 6.92 Å². The molecule has 0 radical (unpaired) electrons. The maximum Gasteiger partial charge on any atom is 1.00 e. The van der Waals surface area contributed by atoms with Gasteiger partial charge in [0.25, 0.3) is 0 Å². The fourth-order valence-corrected chi connectivity index (χ4v) is 1.26. The molecule has 0 amide bonds. The molecule has 13 heavy (non-hydrogen) atoms. The fourth-order valence-electron chi connectivity index (χ4n) is 1.26. The van der Waals surface area contributed by atoms with E-state index in [1.165, 1.54) is 6.20 Å². The van der Waals surface area contributed by atoms with Crippen LogP contribution in [0, 0.1) is 6.92 Å². The molecule has 5 heteroatoms. The van der Waals surface area contributed by atoms with Crippen LogP contribution >= 0.6 is 0 Å². The molecular formula is C8H8KNO3. The van der Waals surface area contributed by atoms with Crippen molar-refractivity contribution in [1.82, 2.24) is 4.98 Å². The minimum absolute atomic E-state index is 0. The van der Waals surface area contributed by atoms with Gasteiger partial charge in [0, 0.05) is 6.92 Å². The van der Waals surface area contributed by atoms with Gasteiger partial charge < -0.3 is 14.3 Å². The Morgan fingerprint density at radius 2 is 2.31 bits per heavy atom. The van der Waals surface area contributed by atoms with Crippen molar-refractivity contribution in [2.75, 3.05) is 0 Å². The Morgan fingerprint density at radius 3 is 2.62 bits per heavy atom. The number of nitrogens with zero attached hydrogens (tertiary/aromatic N) is 1. The summed E-state index contributed by atoms with van der Waals surface area (Å²) < 4.78 is 5.14. The van der Waals surface area contributed by atoms with Crippen LogP contribution in [-0.4, -0.2) is 11.0 Å². The van der Waals surface area contributed by atoms with Crippen LogP contribution in [0.3, 0.4) is 0 Å². The minimum atomic E-state index is -1.06. The molecule has 0 saturated heterocycles. The molecule has 0 unspecified atom stereocenters. The molecule has 2 rings (SSSR count). The van der Waals surface area contributed by atoms with E-state index in [-0.39, 0.29) is 51.4 Å². The van der Waals surface area contributed by atoms with Gasteiger partial charge in [-0.1, -0.05) is 0 Å². The molecule has 1 aromatic heterocycles. The van der Waals surface area contributed by atoms with Crippen molar-refractivity contribution in [3.05, 3.63) is 17.8 Å². The average Bonchev–Trinajstić information content (AvgIpc) is 2.71. The molecule has 0 spiro atoms. The second-order valence-corrected chi connectivity index (χ2v) is 3.11. The summed E-state index contributed by atoms with van der Waals surface area (Å²) in [5.41, 5.74) is -0.860. The average molecular weight is 205 g/mol. The van der Waals surface area contributed by atoms with E-state index in [9.17, 15) is 9.90 Å². The van der Waals surface area contributed by atoms with Crippen LogP contribution in [-0.2, 0) is 10.2 Å². The van der Waals surface area contributed by atoms with Crippen molar-refractivity contribution in [3.8, 4) is 0 Å². The van der Waals surface area contributed by atoms with Gasteiger partial charge in [0.1, 0.15) is 5.76 Å². The molecular weight excluding hydrogens is 197 g/mol. The number of aryl methyl sites for hydroxylation is 1. The van der Waals surface area contributed by atoms with Crippen LogP contribution in [0.4, 0.5) is 0 Å². The summed E-state index contributed by atoms with van der Waals surface area (Å²) in [5.74, 6) is -0.129. The van der Waals surface area contributed by atoms with Crippen LogP contribution in [0.5, 0.6) is 0 Å². The van der Waals surface area contributed by atoms with Crippen LogP contribution in [0.25, 0.3) is 0 Å². The van der Waals surface area contributed by atoms with E-state index in [2.05, 4.69) is 4.98 Å². The monoisotopic (exact) mass is 205 g/mol. The Balaban J connectivity index is 0.000000845. The Labute approximate surface area is 118 Å². The SMILES string of the molecule is Cc1ncc(C2(C(=O)[O-])CC2)o1.[K+]. The summed E-state index contributed by atoms with van der Waals surface area (Å²) in [6.45, 7) is 1.69. The normalized spacial score (nSPS) is 17.6. The van der Waals surface area contributed by atoms with Crippen molar-refractivity contribution < 1.29 is 65.7 Å². The van der Waals surface area contributed by atoms with E-state index >= 15 is 0 Å². The number of hydrogen-bond acceptors (Lipinski definition) is 4. The van der Waals surface area contributed by atoms with Crippen LogP contribution < -0.4 is 56.5 Å². The van der Waals surface area contributed by atoms with Gasteiger partial charge in [-0.05, 0) is 12.8 Å². The molecule has 0 atom stereocenters. The zero-order chi connectivity index (χ0) is 8.77. The van der Waals surface area contributed by atoms with Gasteiger partial charge in [0.05, 0.1) is 17.6 Å². The number of rotatable bonds is 2. The van der Waals surface area contributed by atoms with E-state index in [0.29, 0.717) is 24.5 Å². The van der Waals surface area contributed by atoms with Crippen molar-refractivity contribution in [3.63, 3.8) is 0 Å². The molecule has 0 bridgehead atoms. The first-order chi connectivity index (χ1) is 5.65. The summed E-state index contributed by atoms with van der Waals surface area (Å²) >= 11 is 0. The number of carbonyl (C=O) groups excluding carboxylic acids is 1. The molecule has 1 fully saturated rings. The standard InChI is InChI=1S/C8H9NO3.K/c1-5-9-4-6(12-5)8(2-3-8)7(10)11;/h4H,2-3H2,1H3,(H,10,11);/q;+1/p-1. The number of carbonyl (C=O) groups is 1. The number of aliphatic carboxylic acids is 1. The second kappa shape index (κ2) is 3.82. The first kappa shape index (κ1) is 11.4. The molecule has 4 nitrogen and oxygen atoms in total. The van der Waals surface area contributed by atoms with Crippen LogP contribution in [0.15, 0.2) is 10.6 Å². The van der Waals surface area contributed by atoms with Gasteiger partial charge in [-0.3, -0.25) is 0 Å². The largest absolute Gasteiger partial charge is 1.00 e. The molecule has 1 heterocycles. The van der Waals surface area contributed by atoms with Crippen molar-refractivity contribution in [2.45, 2.75) is 25.2 Å². The third kappa shape index (κ3) is 1.89. The van der Waals surface area contributed by atoms with Gasteiger partial charge in [0.2, 0.25) is 0 Å². The zero-order valence-electron chi connectivity index (χ0n) is 7.66. The summed E-state index contributed by atoms with van der Waals surface area (Å²) in [4.78, 5) is 14.5. The Bertz CT molecular complexity index is 330. The van der Waals surface area contributed by atoms with Gasteiger partial charge in [0.15, 0.2) is 5.89 Å². The quantitative estimate of drug-likeness (QED) is 0.476. The van der Waals surface area contributed by atoms with Crippen LogP contribution in [0.2, 0.25) is 0 Å². The van der Waals surface area contributed by atoms with Crippen LogP contribution in [0.1, 0.15) is 24.5 Å². The maximum absolute atomic E-state index is 10.7. The van der Waals surface area contributed by atoms with Crippen molar-refractivity contribution in [1.29, 1.82) is 0 Å². The number of oxazole rings is 1. The molecule has 1 aliphatic carbocycles. The summed E-state index contributed by atoms with van der Waals surface area (Å²) in [6.07, 6.45) is 2.67. The molecule has 1 aromatic rings. The van der Waals surface area contributed by atoms with Crippen molar-refractivity contribution >= 4 is 5.97 Å². The smallest absolute Gasteiger partial charge is 0.549 e. The first-order valence-corrected chi connectivity index (χ1v) is 3.79. The Hall–Kier alpha value is 0.316. The van der Waals surface area contributed by atoms with Crippen molar-refractivity contribution in [2.24, 2.45) is 0 Å². The third-order valence-corrected chi connectivity index (χ3v) is 2.23. The topological polar surface area (TPSA) is 66.2 Å². The van der Waals surface area contributed by atoms with Gasteiger partial charge in [-0.15, -0.1) is 0 Å². The van der Waals surface area contributed by atoms with E-state index < -0.39 is 11.4 Å². The molecule has 1 saturated carbocycles. The predicted molar refractivity (Wildman–Crippen MR) is 37.2 cm³/mol. The van der Waals surface area contributed by atoms with Gasteiger partial charge in [-0.25, -0.2) is 4.98 Å². The zero-order valence-corrected chi connectivity index (χ0v) is 10.8. The molecule has 0 aromatic carbocycles. The fraction of sp³-hybridized carbons (Fsp3) is 0.500. The molecule has 64 valence electrons. The third-order valence-electron chi connectivity index (χ3n) is 2.23. The number of aromatic nitrogens is 1. The van der Waals surface area contributed by atoms with E-state index in [4.69, 9.17) is 4.42 Å². The summed E-state index contributed by atoms with van der Waals surface area (Å²) in [7, 11) is 0. The summed E-state index contributed by atoms with van der Waals surface area (Å²) in [6, 6.07) is 0. The summed E-state index contributed by atoms with van der Waals surface area (Å²) in [5, 5.41) is 10.7.